The Kier molecular flexibility index (Phi) is 4.80. The molecule has 0 N–H and O–H groups in total. The number of likely N-dealkylation sites (tertiary alicyclic amines) is 1. The van der Waals surface area contributed by atoms with Crippen LogP contribution in [0.15, 0.2) is 30.3 Å². The van der Waals surface area contributed by atoms with E-state index >= 15 is 0 Å². The topological polar surface area (TPSA) is 72.9 Å². The van der Waals surface area contributed by atoms with E-state index in [4.69, 9.17) is 9.47 Å². The van der Waals surface area contributed by atoms with E-state index in [0.717, 1.165) is 4.90 Å². The molecule has 0 radical (unpaired) electrons. The molecule has 1 aromatic carbocycles. The summed E-state index contributed by atoms with van der Waals surface area (Å²) in [5, 5.41) is 0. The van der Waals surface area contributed by atoms with Gasteiger partial charge in [0.15, 0.2) is 0 Å². The molecule has 6 heteroatoms. The maximum Gasteiger partial charge on any atom is 0.416 e. The van der Waals surface area contributed by atoms with Gasteiger partial charge >= 0.3 is 12.1 Å². The van der Waals surface area contributed by atoms with Crippen molar-refractivity contribution in [2.75, 3.05) is 13.2 Å². The minimum absolute atomic E-state index is 0.175. The molecule has 1 atom stereocenters. The highest BCUT2D eigenvalue weighted by Gasteiger charge is 2.50. The highest BCUT2D eigenvalue weighted by Crippen LogP contribution is 2.37. The summed E-state index contributed by atoms with van der Waals surface area (Å²) >= 11 is 0. The molecule has 1 aromatic rings. The third kappa shape index (κ3) is 2.95. The van der Waals surface area contributed by atoms with Crippen LogP contribution in [0.3, 0.4) is 0 Å². The lowest BCUT2D eigenvalue weighted by Gasteiger charge is -2.39. The first-order valence-electron chi connectivity index (χ1n) is 7.25. The van der Waals surface area contributed by atoms with Gasteiger partial charge in [0.1, 0.15) is 0 Å². The van der Waals surface area contributed by atoms with Gasteiger partial charge in [-0.2, -0.15) is 0 Å². The molecule has 1 unspecified atom stereocenters. The van der Waals surface area contributed by atoms with Crippen molar-refractivity contribution in [3.05, 3.63) is 35.9 Å². The second kappa shape index (κ2) is 6.60. The molecule has 2 rings (SSSR count). The molecule has 0 aliphatic carbocycles. The van der Waals surface area contributed by atoms with Gasteiger partial charge in [-0.3, -0.25) is 9.59 Å². The Morgan fingerprint density at radius 2 is 1.95 bits per heavy atom. The van der Waals surface area contributed by atoms with Crippen molar-refractivity contribution in [1.82, 2.24) is 4.90 Å². The van der Waals surface area contributed by atoms with Gasteiger partial charge < -0.3 is 9.47 Å². The van der Waals surface area contributed by atoms with Crippen LogP contribution in [-0.2, 0) is 24.7 Å². The number of piperidine rings is 1. The molecular formula is C16H19NO5. The zero-order valence-electron chi connectivity index (χ0n) is 12.7. The Hall–Kier alpha value is -2.37. The van der Waals surface area contributed by atoms with Crippen LogP contribution >= 0.6 is 0 Å². The molecule has 1 fully saturated rings. The van der Waals surface area contributed by atoms with E-state index in [0.29, 0.717) is 18.4 Å². The van der Waals surface area contributed by atoms with Gasteiger partial charge in [-0.15, -0.1) is 0 Å². The lowest BCUT2D eigenvalue weighted by Crippen LogP contribution is -2.55. The fourth-order valence-corrected chi connectivity index (χ4v) is 2.66. The minimum Gasteiger partial charge on any atom is -0.449 e. The van der Waals surface area contributed by atoms with E-state index in [1.165, 1.54) is 6.92 Å². The van der Waals surface area contributed by atoms with Gasteiger partial charge in [-0.1, -0.05) is 30.3 Å². The highest BCUT2D eigenvalue weighted by molar-refractivity contribution is 5.99. The van der Waals surface area contributed by atoms with Crippen LogP contribution < -0.4 is 0 Å². The van der Waals surface area contributed by atoms with Crippen LogP contribution in [0.1, 0.15) is 32.3 Å². The van der Waals surface area contributed by atoms with Crippen LogP contribution in [0.4, 0.5) is 4.79 Å². The van der Waals surface area contributed by atoms with Crippen molar-refractivity contribution >= 4 is 18.0 Å². The summed E-state index contributed by atoms with van der Waals surface area (Å²) in [5.41, 5.74) is -0.901. The summed E-state index contributed by atoms with van der Waals surface area (Å²) in [5.74, 6) is -1.12. The van der Waals surface area contributed by atoms with Gasteiger partial charge in [-0.25, -0.2) is 9.69 Å². The number of ether oxygens (including phenoxy) is 2. The summed E-state index contributed by atoms with van der Waals surface area (Å²) in [7, 11) is 0. The molecule has 22 heavy (non-hydrogen) atoms. The van der Waals surface area contributed by atoms with E-state index in [9.17, 15) is 14.4 Å². The fraction of sp³-hybridized carbons (Fsp3) is 0.438. The first-order chi connectivity index (χ1) is 10.5. The third-order valence-corrected chi connectivity index (χ3v) is 3.55. The number of carbonyl (C=O) groups is 3. The molecule has 0 bridgehead atoms. The molecule has 0 aromatic heterocycles. The number of imide groups is 1. The Bertz CT molecular complexity index is 571. The minimum atomic E-state index is -1.46. The summed E-state index contributed by atoms with van der Waals surface area (Å²) in [6.45, 7) is 3.35. The fourth-order valence-electron chi connectivity index (χ4n) is 2.66. The number of amides is 2. The monoisotopic (exact) mass is 305 g/mol. The van der Waals surface area contributed by atoms with Gasteiger partial charge in [0.25, 0.3) is 5.91 Å². The predicted molar refractivity (Wildman–Crippen MR) is 77.9 cm³/mol. The van der Waals surface area contributed by atoms with Gasteiger partial charge in [0.05, 0.1) is 6.61 Å². The first-order valence-corrected chi connectivity index (χ1v) is 7.25. The number of hydrogen-bond acceptors (Lipinski definition) is 5. The predicted octanol–water partition coefficient (Wildman–Crippen LogP) is 2.22. The standard InChI is InChI=1S/C16H19NO5/c1-3-21-15(20)17-11-7-10-16(14(17)19,22-12(2)18)13-8-5-4-6-9-13/h4-6,8-9H,3,7,10-11H2,1-2H3. The Morgan fingerprint density at radius 3 is 2.55 bits per heavy atom. The molecule has 6 nitrogen and oxygen atoms in total. The van der Waals surface area contributed by atoms with E-state index in [1.807, 2.05) is 0 Å². The average molecular weight is 305 g/mol. The quantitative estimate of drug-likeness (QED) is 0.801. The normalized spacial score (nSPS) is 21.4. The van der Waals surface area contributed by atoms with Crippen molar-refractivity contribution in [2.45, 2.75) is 32.3 Å². The second-order valence-corrected chi connectivity index (χ2v) is 5.05. The Morgan fingerprint density at radius 1 is 1.27 bits per heavy atom. The van der Waals surface area contributed by atoms with Crippen molar-refractivity contribution in [3.8, 4) is 0 Å². The first kappa shape index (κ1) is 16.0. The van der Waals surface area contributed by atoms with Crippen LogP contribution in [0.25, 0.3) is 0 Å². The molecule has 1 aliphatic heterocycles. The van der Waals surface area contributed by atoms with E-state index in [2.05, 4.69) is 0 Å². The maximum atomic E-state index is 12.8. The maximum absolute atomic E-state index is 12.8. The molecular weight excluding hydrogens is 286 g/mol. The number of esters is 1. The molecule has 2 amide bonds. The molecule has 1 aliphatic rings. The molecule has 118 valence electrons. The molecule has 1 saturated heterocycles. The van der Waals surface area contributed by atoms with E-state index < -0.39 is 23.6 Å². The number of rotatable bonds is 3. The summed E-state index contributed by atoms with van der Waals surface area (Å²) in [4.78, 5) is 37.3. The zero-order chi connectivity index (χ0) is 16.2. The summed E-state index contributed by atoms with van der Waals surface area (Å²) < 4.78 is 10.3. The second-order valence-electron chi connectivity index (χ2n) is 5.05. The Balaban J connectivity index is 2.42. The van der Waals surface area contributed by atoms with Gasteiger partial charge in [0.2, 0.25) is 5.60 Å². The average Bonchev–Trinajstić information content (AvgIpc) is 2.50. The zero-order valence-corrected chi connectivity index (χ0v) is 12.7. The van der Waals surface area contributed by atoms with E-state index in [-0.39, 0.29) is 13.2 Å². The smallest absolute Gasteiger partial charge is 0.416 e. The number of nitrogens with zero attached hydrogens (tertiary/aromatic N) is 1. The van der Waals surface area contributed by atoms with Gasteiger partial charge in [-0.05, 0) is 13.3 Å². The summed E-state index contributed by atoms with van der Waals surface area (Å²) in [6, 6.07) is 8.76. The van der Waals surface area contributed by atoms with Crippen LogP contribution in [0.2, 0.25) is 0 Å². The van der Waals surface area contributed by atoms with Crippen LogP contribution in [0, 0.1) is 0 Å². The Labute approximate surface area is 129 Å². The van der Waals surface area contributed by atoms with Crippen LogP contribution in [-0.4, -0.2) is 36.0 Å². The molecule has 1 heterocycles. The van der Waals surface area contributed by atoms with Crippen molar-refractivity contribution in [3.63, 3.8) is 0 Å². The van der Waals surface area contributed by atoms with Crippen LogP contribution in [0.5, 0.6) is 0 Å². The largest absolute Gasteiger partial charge is 0.449 e. The van der Waals surface area contributed by atoms with E-state index in [1.54, 1.807) is 37.3 Å². The number of carbonyl (C=O) groups excluding carboxylic acids is 3. The SMILES string of the molecule is CCOC(=O)N1CCCC(OC(C)=O)(c2ccccc2)C1=O. The number of hydrogen-bond donors (Lipinski definition) is 0. The summed E-state index contributed by atoms with van der Waals surface area (Å²) in [6.07, 6.45) is 0.164. The lowest BCUT2D eigenvalue weighted by atomic mass is 9.84. The highest BCUT2D eigenvalue weighted by atomic mass is 16.6. The molecule has 0 saturated carbocycles. The van der Waals surface area contributed by atoms with Crippen molar-refractivity contribution in [1.29, 1.82) is 0 Å². The third-order valence-electron chi connectivity index (χ3n) is 3.55. The van der Waals surface area contributed by atoms with Crippen molar-refractivity contribution in [2.24, 2.45) is 0 Å². The van der Waals surface area contributed by atoms with Gasteiger partial charge in [0, 0.05) is 25.5 Å². The number of benzene rings is 1. The van der Waals surface area contributed by atoms with Crippen molar-refractivity contribution < 1.29 is 23.9 Å². The lowest BCUT2D eigenvalue weighted by molar-refractivity contribution is -0.178. The molecule has 0 spiro atoms.